The van der Waals surface area contributed by atoms with E-state index in [1.807, 2.05) is 6.07 Å². The van der Waals surface area contributed by atoms with Crippen LogP contribution in [0, 0.1) is 0 Å². The van der Waals surface area contributed by atoms with Crippen LogP contribution in [0.15, 0.2) is 12.4 Å². The van der Waals surface area contributed by atoms with Crippen molar-refractivity contribution in [3.05, 3.63) is 18.1 Å². The minimum Gasteiger partial charge on any atom is -0.354 e. The molecule has 1 saturated carbocycles. The maximum absolute atomic E-state index is 11.6. The van der Waals surface area contributed by atoms with Crippen LogP contribution >= 0.6 is 0 Å². The fourth-order valence-electron chi connectivity index (χ4n) is 3.27. The van der Waals surface area contributed by atoms with E-state index < -0.39 is 10.0 Å². The Hall–Kier alpha value is -1.74. The molecule has 0 aromatic carbocycles. The fraction of sp³-hybridized carbons (Fsp3) is 0.667. The molecular weight excluding hydrogens is 330 g/mol. The Kier molecular flexibility index (Phi) is 4.73. The molecule has 0 radical (unpaired) electrons. The van der Waals surface area contributed by atoms with Crippen molar-refractivity contribution in [2.45, 2.75) is 31.7 Å². The lowest BCUT2D eigenvalue weighted by molar-refractivity contribution is -0.120. The Morgan fingerprint density at radius 2 is 1.88 bits per heavy atom. The molecular formula is C15H23N5O3S. The van der Waals surface area contributed by atoms with Gasteiger partial charge in [0.25, 0.3) is 0 Å². The van der Waals surface area contributed by atoms with Gasteiger partial charge in [0.1, 0.15) is 12.1 Å². The van der Waals surface area contributed by atoms with E-state index >= 15 is 0 Å². The lowest BCUT2D eigenvalue weighted by atomic mass is 9.78. The molecule has 3 rings (SSSR count). The quantitative estimate of drug-likeness (QED) is 0.815. The third-order valence-electron chi connectivity index (χ3n) is 4.67. The second kappa shape index (κ2) is 6.64. The molecule has 1 N–H and O–H groups in total. The number of amides is 1. The predicted octanol–water partition coefficient (Wildman–Crippen LogP) is -0.0597. The number of sulfonamides is 1. The number of hydrogen-bond acceptors (Lipinski definition) is 6. The summed E-state index contributed by atoms with van der Waals surface area (Å²) in [4.78, 5) is 21.9. The number of carbonyl (C=O) groups excluding carboxylic acids is 1. The lowest BCUT2D eigenvalue weighted by Crippen LogP contribution is -2.48. The molecule has 2 aliphatic rings. The molecule has 2 fully saturated rings. The molecule has 132 valence electrons. The van der Waals surface area contributed by atoms with E-state index in [-0.39, 0.29) is 11.9 Å². The molecule has 1 amide bonds. The highest BCUT2D eigenvalue weighted by molar-refractivity contribution is 7.88. The van der Waals surface area contributed by atoms with Gasteiger partial charge in [-0.15, -0.1) is 0 Å². The number of hydrogen-bond donors (Lipinski definition) is 1. The van der Waals surface area contributed by atoms with Crippen LogP contribution in [0.5, 0.6) is 0 Å². The third-order valence-corrected chi connectivity index (χ3v) is 5.97. The predicted molar refractivity (Wildman–Crippen MR) is 90.2 cm³/mol. The first-order valence-corrected chi connectivity index (χ1v) is 9.97. The molecule has 0 bridgehead atoms. The summed E-state index contributed by atoms with van der Waals surface area (Å²) in [6.45, 7) is 3.75. The summed E-state index contributed by atoms with van der Waals surface area (Å²) in [7, 11) is -3.12. The van der Waals surface area contributed by atoms with Crippen molar-refractivity contribution >= 4 is 21.7 Å². The Balaban J connectivity index is 1.60. The summed E-state index contributed by atoms with van der Waals surface area (Å²) in [5.41, 5.74) is 0.993. The van der Waals surface area contributed by atoms with E-state index in [1.54, 1.807) is 6.33 Å². The van der Waals surface area contributed by atoms with Crippen molar-refractivity contribution < 1.29 is 13.2 Å². The highest BCUT2D eigenvalue weighted by Crippen LogP contribution is 2.36. The van der Waals surface area contributed by atoms with Gasteiger partial charge in [0, 0.05) is 56.8 Å². The highest BCUT2D eigenvalue weighted by atomic mass is 32.2. The number of piperazine rings is 1. The SMILES string of the molecule is CC(=O)NC1CC(c2cc(N3CCN(S(C)(=O)=O)CC3)ncn2)C1. The summed E-state index contributed by atoms with van der Waals surface area (Å²) < 4.78 is 24.7. The zero-order valence-corrected chi connectivity index (χ0v) is 14.8. The first-order chi connectivity index (χ1) is 11.3. The molecule has 8 nitrogen and oxygen atoms in total. The molecule has 1 aliphatic carbocycles. The van der Waals surface area contributed by atoms with Gasteiger partial charge in [-0.3, -0.25) is 4.79 Å². The Bertz CT molecular complexity index is 710. The van der Waals surface area contributed by atoms with Crippen LogP contribution in [-0.2, 0) is 14.8 Å². The van der Waals surface area contributed by atoms with Crippen LogP contribution in [0.3, 0.4) is 0 Å². The first-order valence-electron chi connectivity index (χ1n) is 8.12. The standard InChI is InChI=1S/C15H23N5O3S/c1-11(21)18-13-7-12(8-13)14-9-15(17-10-16-14)19-3-5-20(6-4-19)24(2,22)23/h9-10,12-13H,3-8H2,1-2H3,(H,18,21). The summed E-state index contributed by atoms with van der Waals surface area (Å²) in [5, 5.41) is 2.92. The van der Waals surface area contributed by atoms with Crippen molar-refractivity contribution in [3.63, 3.8) is 0 Å². The minimum absolute atomic E-state index is 0.00516. The molecule has 1 saturated heterocycles. The van der Waals surface area contributed by atoms with Crippen LogP contribution in [0.25, 0.3) is 0 Å². The summed E-state index contributed by atoms with van der Waals surface area (Å²) in [6.07, 6.45) is 4.61. The van der Waals surface area contributed by atoms with E-state index in [4.69, 9.17) is 0 Å². The van der Waals surface area contributed by atoms with Gasteiger partial charge < -0.3 is 10.2 Å². The Labute approximate surface area is 142 Å². The lowest BCUT2D eigenvalue weighted by Gasteiger charge is -2.36. The van der Waals surface area contributed by atoms with E-state index in [9.17, 15) is 13.2 Å². The van der Waals surface area contributed by atoms with Gasteiger partial charge >= 0.3 is 0 Å². The number of aromatic nitrogens is 2. The molecule has 9 heteroatoms. The van der Waals surface area contributed by atoms with Crippen molar-refractivity contribution in [2.75, 3.05) is 37.3 Å². The van der Waals surface area contributed by atoms with Gasteiger partial charge in [-0.1, -0.05) is 0 Å². The van der Waals surface area contributed by atoms with E-state index in [1.165, 1.54) is 17.5 Å². The Morgan fingerprint density at radius 1 is 1.21 bits per heavy atom. The number of rotatable bonds is 4. The zero-order chi connectivity index (χ0) is 17.3. The van der Waals surface area contributed by atoms with Gasteiger partial charge in [-0.25, -0.2) is 18.4 Å². The first kappa shape index (κ1) is 17.1. The van der Waals surface area contributed by atoms with Crippen molar-refractivity contribution in [3.8, 4) is 0 Å². The number of anilines is 1. The molecule has 0 unspecified atom stereocenters. The van der Waals surface area contributed by atoms with Gasteiger partial charge in [0.2, 0.25) is 15.9 Å². The summed E-state index contributed by atoms with van der Waals surface area (Å²) in [5.74, 6) is 1.20. The van der Waals surface area contributed by atoms with Gasteiger partial charge in [0.05, 0.1) is 6.26 Å². The molecule has 24 heavy (non-hydrogen) atoms. The molecule has 1 aliphatic heterocycles. The van der Waals surface area contributed by atoms with Crippen molar-refractivity contribution in [1.82, 2.24) is 19.6 Å². The average molecular weight is 353 g/mol. The van der Waals surface area contributed by atoms with Crippen molar-refractivity contribution in [1.29, 1.82) is 0 Å². The van der Waals surface area contributed by atoms with E-state index in [0.717, 1.165) is 24.4 Å². The number of carbonyl (C=O) groups is 1. The van der Waals surface area contributed by atoms with Crippen LogP contribution in [0.2, 0.25) is 0 Å². The third kappa shape index (κ3) is 3.84. The van der Waals surface area contributed by atoms with E-state index in [2.05, 4.69) is 20.2 Å². The normalized spacial score (nSPS) is 25.2. The molecule has 1 aromatic rings. The van der Waals surface area contributed by atoms with Crippen LogP contribution in [0.4, 0.5) is 5.82 Å². The van der Waals surface area contributed by atoms with Crippen LogP contribution < -0.4 is 10.2 Å². The largest absolute Gasteiger partial charge is 0.354 e. The molecule has 0 atom stereocenters. The molecule has 1 aromatic heterocycles. The van der Waals surface area contributed by atoms with Crippen molar-refractivity contribution in [2.24, 2.45) is 0 Å². The zero-order valence-electron chi connectivity index (χ0n) is 14.0. The van der Waals surface area contributed by atoms with Crippen LogP contribution in [-0.4, -0.2) is 67.1 Å². The van der Waals surface area contributed by atoms with Crippen LogP contribution in [0.1, 0.15) is 31.4 Å². The van der Waals surface area contributed by atoms with Gasteiger partial charge in [-0.05, 0) is 12.8 Å². The topological polar surface area (TPSA) is 95.5 Å². The average Bonchev–Trinajstić information content (AvgIpc) is 2.50. The maximum Gasteiger partial charge on any atom is 0.217 e. The Morgan fingerprint density at radius 3 is 2.46 bits per heavy atom. The summed E-state index contributed by atoms with van der Waals surface area (Å²) >= 11 is 0. The molecule has 0 spiro atoms. The summed E-state index contributed by atoms with van der Waals surface area (Å²) in [6, 6.07) is 2.23. The van der Waals surface area contributed by atoms with E-state index in [0.29, 0.717) is 32.1 Å². The smallest absolute Gasteiger partial charge is 0.217 e. The van der Waals surface area contributed by atoms with Gasteiger partial charge in [0.15, 0.2) is 0 Å². The van der Waals surface area contributed by atoms with Gasteiger partial charge in [-0.2, -0.15) is 4.31 Å². The number of nitrogens with zero attached hydrogens (tertiary/aromatic N) is 4. The minimum atomic E-state index is -3.12. The monoisotopic (exact) mass is 353 g/mol. The molecule has 2 heterocycles. The maximum atomic E-state index is 11.6. The number of nitrogens with one attached hydrogen (secondary N) is 1. The highest BCUT2D eigenvalue weighted by Gasteiger charge is 2.32. The fourth-order valence-corrected chi connectivity index (χ4v) is 4.10. The second-order valence-electron chi connectivity index (χ2n) is 6.52. The second-order valence-corrected chi connectivity index (χ2v) is 8.50.